The van der Waals surface area contributed by atoms with E-state index in [9.17, 15) is 18.3 Å². The highest BCUT2D eigenvalue weighted by Gasteiger charge is 2.54. The van der Waals surface area contributed by atoms with Gasteiger partial charge in [0.25, 0.3) is 0 Å². The van der Waals surface area contributed by atoms with Crippen LogP contribution < -0.4 is 17.0 Å². The van der Waals surface area contributed by atoms with Gasteiger partial charge in [-0.2, -0.15) is 13.2 Å². The van der Waals surface area contributed by atoms with Gasteiger partial charge in [0.2, 0.25) is 0 Å². The van der Waals surface area contributed by atoms with Crippen LogP contribution >= 0.6 is 0 Å². The highest BCUT2D eigenvalue weighted by Crippen LogP contribution is 2.48. The van der Waals surface area contributed by atoms with E-state index in [-0.39, 0.29) is 28.9 Å². The molecule has 1 N–H and O–H groups in total. The monoisotopic (exact) mass is 534 g/mol. The molecule has 0 spiro atoms. The van der Waals surface area contributed by atoms with Gasteiger partial charge < -0.3 is 26.6 Å². The zero-order valence-corrected chi connectivity index (χ0v) is 20.5. The van der Waals surface area contributed by atoms with E-state index in [0.717, 1.165) is 53.4 Å². The highest BCUT2D eigenvalue weighted by molar-refractivity contribution is 5.82. The topological polar surface area (TPSA) is 33.1 Å². The van der Waals surface area contributed by atoms with Crippen molar-refractivity contribution in [1.29, 1.82) is 0 Å². The van der Waals surface area contributed by atoms with E-state index in [1.165, 1.54) is 12.2 Å². The number of aliphatic hydroxyl groups is 1. The van der Waals surface area contributed by atoms with Crippen molar-refractivity contribution in [1.82, 2.24) is 4.98 Å². The Morgan fingerprint density at radius 2 is 2.03 bits per heavy atom. The smallest absolute Gasteiger partial charge is 0.416 e. The van der Waals surface area contributed by atoms with Crippen LogP contribution in [0.1, 0.15) is 30.9 Å². The summed E-state index contributed by atoms with van der Waals surface area (Å²) in [4.78, 5) is 4.44. The van der Waals surface area contributed by atoms with Crippen LogP contribution in [0.4, 0.5) is 13.2 Å². The molecule has 3 saturated heterocycles. The minimum absolute atomic E-state index is 0. The van der Waals surface area contributed by atoms with Gasteiger partial charge in [0.15, 0.2) is 0 Å². The highest BCUT2D eigenvalue weighted by atomic mass is 79.9. The average Bonchev–Trinajstić information content (AvgIpc) is 2.83. The van der Waals surface area contributed by atoms with Crippen LogP contribution in [-0.2, 0) is 0 Å². The molecule has 7 heteroatoms. The molecule has 2 bridgehead atoms. The molecule has 182 valence electrons. The standard InChI is InChI=1S/C27H30F3N2O.BrH/c1-2-19-17-32(16-18-7-9-21(10-8-18)27(28,29)30)14-12-20(19)15-25(32)26(33)23-11-13-31-24-6-4-3-5-22(23)24;/h2-7,9-11,13,18-20,25-26,33H,1,8,12,14-17H2;1H/q+1;/p-1/t18?,19-,20-,25-,26+,32?;/m0./s1. The number of quaternary nitrogens is 1. The van der Waals surface area contributed by atoms with Crippen LogP contribution in [0.2, 0.25) is 0 Å². The third kappa shape index (κ3) is 4.50. The van der Waals surface area contributed by atoms with Gasteiger partial charge in [-0.05, 0) is 30.0 Å². The lowest BCUT2D eigenvalue weighted by Crippen LogP contribution is -3.00. The number of aliphatic hydroxyl groups excluding tert-OH is 1. The Labute approximate surface area is 209 Å². The van der Waals surface area contributed by atoms with E-state index in [1.54, 1.807) is 12.3 Å². The van der Waals surface area contributed by atoms with Gasteiger partial charge in [-0.1, -0.05) is 42.5 Å². The fourth-order valence-corrected chi connectivity index (χ4v) is 6.48. The van der Waals surface area contributed by atoms with Crippen LogP contribution in [0, 0.1) is 17.8 Å². The van der Waals surface area contributed by atoms with Crippen molar-refractivity contribution in [2.24, 2.45) is 17.8 Å². The molecule has 1 aromatic heterocycles. The molecule has 1 aliphatic carbocycles. The number of piperidine rings is 3. The lowest BCUT2D eigenvalue weighted by Gasteiger charge is -2.59. The summed E-state index contributed by atoms with van der Waals surface area (Å²) in [5, 5.41) is 12.7. The van der Waals surface area contributed by atoms with Crippen LogP contribution in [0.15, 0.2) is 73.0 Å². The number of benzene rings is 1. The van der Waals surface area contributed by atoms with Crippen molar-refractivity contribution in [3.05, 3.63) is 78.5 Å². The first-order chi connectivity index (χ1) is 15.8. The summed E-state index contributed by atoms with van der Waals surface area (Å²) in [6.45, 7) is 6.63. The molecule has 0 radical (unpaired) electrons. The van der Waals surface area contributed by atoms with Crippen molar-refractivity contribution in [3.8, 4) is 0 Å². The molecule has 6 atom stereocenters. The molecule has 6 rings (SSSR count). The number of alkyl halides is 3. The Hall–Kier alpha value is -1.96. The summed E-state index contributed by atoms with van der Waals surface area (Å²) in [6.07, 6.45) is 5.47. The van der Waals surface area contributed by atoms with E-state index in [0.29, 0.717) is 18.3 Å². The van der Waals surface area contributed by atoms with Crippen LogP contribution in [0.25, 0.3) is 10.9 Å². The van der Waals surface area contributed by atoms with Crippen LogP contribution in [0.3, 0.4) is 0 Å². The number of aromatic nitrogens is 1. The molecule has 2 aromatic rings. The van der Waals surface area contributed by atoms with Crippen molar-refractivity contribution in [2.45, 2.75) is 37.6 Å². The minimum atomic E-state index is -4.30. The van der Waals surface area contributed by atoms with Gasteiger partial charge in [-0.3, -0.25) is 4.98 Å². The number of allylic oxidation sites excluding steroid dienone is 3. The van der Waals surface area contributed by atoms with E-state index in [2.05, 4.69) is 11.6 Å². The maximum atomic E-state index is 13.1. The zero-order valence-electron chi connectivity index (χ0n) is 19.0. The predicted molar refractivity (Wildman–Crippen MR) is 123 cm³/mol. The van der Waals surface area contributed by atoms with Crippen molar-refractivity contribution in [2.75, 3.05) is 19.6 Å². The number of hydrogen-bond donors (Lipinski definition) is 1. The van der Waals surface area contributed by atoms with Gasteiger partial charge in [0, 0.05) is 36.3 Å². The van der Waals surface area contributed by atoms with Gasteiger partial charge in [0.1, 0.15) is 12.1 Å². The van der Waals surface area contributed by atoms with Crippen LogP contribution in [0.5, 0.6) is 0 Å². The molecule has 0 saturated carbocycles. The van der Waals surface area contributed by atoms with E-state index < -0.39 is 17.9 Å². The maximum Gasteiger partial charge on any atom is 0.416 e. The van der Waals surface area contributed by atoms with E-state index in [1.807, 2.05) is 36.4 Å². The molecule has 3 fully saturated rings. The molecular formula is C27H30BrF3N2O. The number of para-hydroxylation sites is 1. The predicted octanol–water partition coefficient (Wildman–Crippen LogP) is 2.75. The third-order valence-electron chi connectivity index (χ3n) is 8.16. The first kappa shape index (κ1) is 25.1. The number of halogens is 4. The van der Waals surface area contributed by atoms with Gasteiger partial charge in [-0.25, -0.2) is 0 Å². The lowest BCUT2D eigenvalue weighted by molar-refractivity contribution is -0.975. The maximum absolute atomic E-state index is 13.1. The Morgan fingerprint density at radius 1 is 1.24 bits per heavy atom. The molecular weight excluding hydrogens is 505 g/mol. The second-order valence-corrected chi connectivity index (χ2v) is 9.93. The molecule has 4 heterocycles. The normalized spacial score (nSPS) is 31.6. The SMILES string of the molecule is C=C[C@H]1C[N+]2(CC3C=CC(C(F)(F)F)=CC3)CC[C@H]1C[C@H]2[C@H](O)c1ccnc2ccccc12.[Br-]. The number of hydrogen-bond acceptors (Lipinski definition) is 2. The molecule has 4 aliphatic rings. The Bertz CT molecular complexity index is 1110. The molecule has 3 aliphatic heterocycles. The van der Waals surface area contributed by atoms with Crippen LogP contribution in [-0.4, -0.2) is 46.4 Å². The molecule has 2 unspecified atom stereocenters. The Kier molecular flexibility index (Phi) is 7.09. The first-order valence-corrected chi connectivity index (χ1v) is 11.8. The quantitative estimate of drug-likeness (QED) is 0.472. The van der Waals surface area contributed by atoms with Gasteiger partial charge in [0.05, 0.1) is 30.7 Å². The molecule has 34 heavy (non-hydrogen) atoms. The summed E-state index contributed by atoms with van der Waals surface area (Å²) in [7, 11) is 0. The third-order valence-corrected chi connectivity index (χ3v) is 8.16. The Morgan fingerprint density at radius 3 is 2.74 bits per heavy atom. The van der Waals surface area contributed by atoms with Gasteiger partial charge >= 0.3 is 6.18 Å². The van der Waals surface area contributed by atoms with Crippen molar-refractivity contribution in [3.63, 3.8) is 0 Å². The number of nitrogens with zero attached hydrogens (tertiary/aromatic N) is 2. The Balaban J connectivity index is 0.00000274. The fraction of sp³-hybridized carbons (Fsp3) is 0.444. The number of rotatable bonds is 5. The molecule has 0 amide bonds. The van der Waals surface area contributed by atoms with E-state index in [4.69, 9.17) is 0 Å². The second kappa shape index (κ2) is 9.59. The largest absolute Gasteiger partial charge is 1.00 e. The average molecular weight is 535 g/mol. The molecule has 1 aromatic carbocycles. The zero-order chi connectivity index (χ0) is 23.2. The van der Waals surface area contributed by atoms with E-state index >= 15 is 0 Å². The summed E-state index contributed by atoms with van der Waals surface area (Å²) >= 11 is 0. The number of pyridine rings is 1. The lowest BCUT2D eigenvalue weighted by atomic mass is 9.70. The number of fused-ring (bicyclic) bond motifs is 4. The van der Waals surface area contributed by atoms with Crippen molar-refractivity contribution < 1.29 is 39.7 Å². The van der Waals surface area contributed by atoms with Gasteiger partial charge in [-0.15, -0.1) is 6.58 Å². The molecule has 3 nitrogen and oxygen atoms in total. The first-order valence-electron chi connectivity index (χ1n) is 11.8. The second-order valence-electron chi connectivity index (χ2n) is 9.93. The summed E-state index contributed by atoms with van der Waals surface area (Å²) in [5.74, 6) is 0.902. The fourth-order valence-electron chi connectivity index (χ4n) is 6.48. The van der Waals surface area contributed by atoms with Crippen molar-refractivity contribution >= 4 is 10.9 Å². The summed E-state index contributed by atoms with van der Waals surface area (Å²) in [6, 6.07) is 9.78. The minimum Gasteiger partial charge on any atom is -1.00 e. The summed E-state index contributed by atoms with van der Waals surface area (Å²) in [5.41, 5.74) is 1.20. The summed E-state index contributed by atoms with van der Waals surface area (Å²) < 4.78 is 40.0.